The third-order valence-electron chi connectivity index (χ3n) is 2.63. The molecule has 4 nitrogen and oxygen atoms in total. The largest absolute Gasteiger partial charge is 0.466 e. The van der Waals surface area contributed by atoms with Crippen LogP contribution >= 0.6 is 0 Å². The van der Waals surface area contributed by atoms with Crippen LogP contribution in [0.4, 0.5) is 0 Å². The Balaban J connectivity index is 2.41. The molecule has 0 aromatic rings. The lowest BCUT2D eigenvalue weighted by Crippen LogP contribution is -2.43. The molecule has 0 aromatic heterocycles. The Labute approximate surface area is 91.3 Å². The first-order valence-corrected chi connectivity index (χ1v) is 5.48. The fourth-order valence-electron chi connectivity index (χ4n) is 1.64. The smallest absolute Gasteiger partial charge is 0.333 e. The number of carbonyl (C=O) groups excluding carboxylic acids is 1. The third-order valence-corrected chi connectivity index (χ3v) is 2.63. The number of hydrogen-bond donors (Lipinski definition) is 1. The molecule has 0 saturated carbocycles. The van der Waals surface area contributed by atoms with E-state index in [1.54, 1.807) is 0 Å². The van der Waals surface area contributed by atoms with Crippen LogP contribution in [0.1, 0.15) is 13.3 Å². The molecule has 4 heteroatoms. The third kappa shape index (κ3) is 4.01. The van der Waals surface area contributed by atoms with Crippen molar-refractivity contribution >= 4 is 5.97 Å². The van der Waals surface area contributed by atoms with E-state index in [0.29, 0.717) is 0 Å². The molecule has 15 heavy (non-hydrogen) atoms. The van der Waals surface area contributed by atoms with Gasteiger partial charge in [-0.25, -0.2) is 4.79 Å². The van der Waals surface area contributed by atoms with E-state index in [0.717, 1.165) is 44.7 Å². The van der Waals surface area contributed by atoms with E-state index < -0.39 is 0 Å². The van der Waals surface area contributed by atoms with Crippen molar-refractivity contribution in [2.24, 2.45) is 0 Å². The predicted molar refractivity (Wildman–Crippen MR) is 59.7 cm³/mol. The Bertz CT molecular complexity index is 233. The van der Waals surface area contributed by atoms with Gasteiger partial charge in [0.2, 0.25) is 0 Å². The molecule has 1 heterocycles. The van der Waals surface area contributed by atoms with Gasteiger partial charge in [0.1, 0.15) is 0 Å². The van der Waals surface area contributed by atoms with Crippen molar-refractivity contribution in [3.8, 4) is 0 Å². The summed E-state index contributed by atoms with van der Waals surface area (Å²) in [5.74, 6) is -0.201. The van der Waals surface area contributed by atoms with Crippen LogP contribution in [0, 0.1) is 0 Å². The number of carbonyl (C=O) groups is 1. The standard InChI is InChI=1S/C11H20N2O2/c1-3-10(11(14)15-2)4-7-13-8-5-12-6-9-13/h4,12H,3,5-9H2,1-2H3. The topological polar surface area (TPSA) is 41.6 Å². The van der Waals surface area contributed by atoms with Crippen LogP contribution in [-0.2, 0) is 9.53 Å². The monoisotopic (exact) mass is 212 g/mol. The molecule has 0 spiro atoms. The zero-order valence-corrected chi connectivity index (χ0v) is 9.58. The van der Waals surface area contributed by atoms with Crippen molar-refractivity contribution in [1.29, 1.82) is 0 Å². The zero-order valence-electron chi connectivity index (χ0n) is 9.58. The Morgan fingerprint density at radius 3 is 2.67 bits per heavy atom. The number of hydrogen-bond acceptors (Lipinski definition) is 4. The summed E-state index contributed by atoms with van der Waals surface area (Å²) in [7, 11) is 1.43. The van der Waals surface area contributed by atoms with Gasteiger partial charge in [0, 0.05) is 38.3 Å². The van der Waals surface area contributed by atoms with Gasteiger partial charge < -0.3 is 10.1 Å². The van der Waals surface area contributed by atoms with Crippen molar-refractivity contribution in [1.82, 2.24) is 10.2 Å². The molecule has 0 unspecified atom stereocenters. The van der Waals surface area contributed by atoms with Crippen LogP contribution in [-0.4, -0.2) is 50.7 Å². The summed E-state index contributed by atoms with van der Waals surface area (Å²) < 4.78 is 4.71. The molecule has 1 fully saturated rings. The number of nitrogens with zero attached hydrogens (tertiary/aromatic N) is 1. The highest BCUT2D eigenvalue weighted by Crippen LogP contribution is 2.04. The van der Waals surface area contributed by atoms with Crippen molar-refractivity contribution in [2.45, 2.75) is 13.3 Å². The van der Waals surface area contributed by atoms with Crippen LogP contribution in [0.5, 0.6) is 0 Å². The zero-order chi connectivity index (χ0) is 11.1. The Kier molecular flexibility index (Phi) is 5.36. The lowest BCUT2D eigenvalue weighted by atomic mass is 10.2. The fourth-order valence-corrected chi connectivity index (χ4v) is 1.64. The van der Waals surface area contributed by atoms with E-state index >= 15 is 0 Å². The van der Waals surface area contributed by atoms with Crippen LogP contribution in [0.15, 0.2) is 11.6 Å². The first kappa shape index (κ1) is 12.2. The van der Waals surface area contributed by atoms with Gasteiger partial charge in [-0.15, -0.1) is 0 Å². The summed E-state index contributed by atoms with van der Waals surface area (Å²) in [6.45, 7) is 6.99. The van der Waals surface area contributed by atoms with Crippen LogP contribution in [0.25, 0.3) is 0 Å². The molecular formula is C11H20N2O2. The summed E-state index contributed by atoms with van der Waals surface area (Å²) >= 11 is 0. The van der Waals surface area contributed by atoms with E-state index in [1.807, 2.05) is 13.0 Å². The maximum absolute atomic E-state index is 11.3. The first-order chi connectivity index (χ1) is 7.27. The highest BCUT2D eigenvalue weighted by atomic mass is 16.5. The minimum atomic E-state index is -0.201. The normalized spacial score (nSPS) is 18.9. The number of ether oxygens (including phenoxy) is 1. The lowest BCUT2D eigenvalue weighted by molar-refractivity contribution is -0.136. The average molecular weight is 212 g/mol. The fraction of sp³-hybridized carbons (Fsp3) is 0.727. The van der Waals surface area contributed by atoms with Crippen molar-refractivity contribution < 1.29 is 9.53 Å². The van der Waals surface area contributed by atoms with Gasteiger partial charge >= 0.3 is 5.97 Å². The highest BCUT2D eigenvalue weighted by Gasteiger charge is 2.10. The van der Waals surface area contributed by atoms with Crippen LogP contribution in [0.3, 0.4) is 0 Å². The molecule has 0 bridgehead atoms. The summed E-state index contributed by atoms with van der Waals surface area (Å²) in [6.07, 6.45) is 2.72. The number of piperazine rings is 1. The molecule has 0 radical (unpaired) electrons. The van der Waals surface area contributed by atoms with Crippen LogP contribution in [0.2, 0.25) is 0 Å². The van der Waals surface area contributed by atoms with Crippen molar-refractivity contribution in [2.75, 3.05) is 39.8 Å². The van der Waals surface area contributed by atoms with Gasteiger partial charge in [-0.3, -0.25) is 4.90 Å². The van der Waals surface area contributed by atoms with E-state index in [1.165, 1.54) is 7.11 Å². The molecule has 1 aliphatic heterocycles. The maximum Gasteiger partial charge on any atom is 0.333 e. The highest BCUT2D eigenvalue weighted by molar-refractivity contribution is 5.88. The molecular weight excluding hydrogens is 192 g/mol. The molecule has 1 N–H and O–H groups in total. The van der Waals surface area contributed by atoms with Gasteiger partial charge in [0.05, 0.1) is 7.11 Å². The second-order valence-corrected chi connectivity index (χ2v) is 3.63. The van der Waals surface area contributed by atoms with E-state index in [9.17, 15) is 4.79 Å². The molecule has 1 aliphatic rings. The van der Waals surface area contributed by atoms with Crippen molar-refractivity contribution in [3.63, 3.8) is 0 Å². The number of nitrogens with one attached hydrogen (secondary N) is 1. The van der Waals surface area contributed by atoms with E-state index in [2.05, 4.69) is 10.2 Å². The summed E-state index contributed by atoms with van der Waals surface area (Å²) in [5, 5.41) is 3.30. The van der Waals surface area contributed by atoms with Gasteiger partial charge in [-0.2, -0.15) is 0 Å². The minimum Gasteiger partial charge on any atom is -0.466 e. The lowest BCUT2D eigenvalue weighted by Gasteiger charge is -2.26. The maximum atomic E-state index is 11.3. The molecule has 0 amide bonds. The molecule has 1 saturated heterocycles. The molecule has 0 aliphatic carbocycles. The molecule has 86 valence electrons. The van der Waals surface area contributed by atoms with E-state index in [4.69, 9.17) is 4.74 Å². The Hall–Kier alpha value is -0.870. The van der Waals surface area contributed by atoms with Gasteiger partial charge in [-0.05, 0) is 6.42 Å². The molecule has 0 aromatic carbocycles. The second-order valence-electron chi connectivity index (χ2n) is 3.63. The van der Waals surface area contributed by atoms with Crippen molar-refractivity contribution in [3.05, 3.63) is 11.6 Å². The predicted octanol–water partition coefficient (Wildman–Crippen LogP) is 0.401. The van der Waals surface area contributed by atoms with Gasteiger partial charge in [0.15, 0.2) is 0 Å². The SMILES string of the molecule is CCC(=CCN1CCNCC1)C(=O)OC. The summed E-state index contributed by atoms with van der Waals surface area (Å²) in [4.78, 5) is 13.6. The number of methoxy groups -OCH3 is 1. The number of rotatable bonds is 4. The van der Waals surface area contributed by atoms with E-state index in [-0.39, 0.29) is 5.97 Å². The molecule has 1 rings (SSSR count). The van der Waals surface area contributed by atoms with Gasteiger partial charge in [-0.1, -0.05) is 13.0 Å². The Morgan fingerprint density at radius 2 is 2.13 bits per heavy atom. The number of esters is 1. The second kappa shape index (κ2) is 6.58. The Morgan fingerprint density at radius 1 is 1.47 bits per heavy atom. The quantitative estimate of drug-likeness (QED) is 0.541. The molecule has 0 atom stereocenters. The van der Waals surface area contributed by atoms with Crippen LogP contribution < -0.4 is 5.32 Å². The van der Waals surface area contributed by atoms with Gasteiger partial charge in [0.25, 0.3) is 0 Å². The average Bonchev–Trinajstić information content (AvgIpc) is 2.31. The summed E-state index contributed by atoms with van der Waals surface area (Å²) in [5.41, 5.74) is 0.774. The first-order valence-electron chi connectivity index (χ1n) is 5.48. The minimum absolute atomic E-state index is 0.201. The summed E-state index contributed by atoms with van der Waals surface area (Å²) in [6, 6.07) is 0.